The predicted molar refractivity (Wildman–Crippen MR) is 93.2 cm³/mol. The molecule has 0 aromatic rings. The summed E-state index contributed by atoms with van der Waals surface area (Å²) in [6, 6.07) is 21.6. The van der Waals surface area contributed by atoms with Crippen LogP contribution < -0.4 is 0 Å². The first-order valence-electron chi connectivity index (χ1n) is 7.74. The topological polar surface area (TPSA) is 0 Å². The molecule has 0 heterocycles. The maximum Gasteiger partial charge on any atom is -0.0149 e. The molecule has 0 saturated heterocycles. The summed E-state index contributed by atoms with van der Waals surface area (Å²) in [5.74, 6) is 0. The standard InChI is InChI=1S/C21H24/c1-3-4-5-9-14-19-15-10-7-11-16-20-18(2)13-8-6-12-17-21(19)20/h3,6-8,10-13,15-17H,1,4-5,9,14H2,2H3. The fourth-order valence-corrected chi connectivity index (χ4v) is 2.61. The first kappa shape index (κ1) is 15.3. The third kappa shape index (κ3) is 4.46. The average Bonchev–Trinajstić information content (AvgIpc) is 2.45. The van der Waals surface area contributed by atoms with Gasteiger partial charge < -0.3 is 0 Å². The molecule has 0 fully saturated rings. The smallest absolute Gasteiger partial charge is 0.0149 e. The van der Waals surface area contributed by atoms with Crippen molar-refractivity contribution in [1.29, 1.82) is 0 Å². The molecule has 0 amide bonds. The summed E-state index contributed by atoms with van der Waals surface area (Å²) in [6.07, 6.45) is 6.64. The van der Waals surface area contributed by atoms with E-state index in [9.17, 15) is 0 Å². The van der Waals surface area contributed by atoms with Gasteiger partial charge in [0.05, 0.1) is 0 Å². The van der Waals surface area contributed by atoms with Gasteiger partial charge in [-0.25, -0.2) is 0 Å². The van der Waals surface area contributed by atoms with Gasteiger partial charge in [-0.05, 0) is 54.9 Å². The van der Waals surface area contributed by atoms with Gasteiger partial charge in [-0.2, -0.15) is 0 Å². The molecule has 0 aromatic heterocycles. The molecule has 0 aliphatic heterocycles. The van der Waals surface area contributed by atoms with Crippen molar-refractivity contribution in [3.05, 3.63) is 84.4 Å². The Morgan fingerprint density at radius 3 is 2.24 bits per heavy atom. The van der Waals surface area contributed by atoms with Gasteiger partial charge in [0.1, 0.15) is 0 Å². The number of rotatable bonds is 5. The van der Waals surface area contributed by atoms with Crippen LogP contribution in [-0.4, -0.2) is 0 Å². The van der Waals surface area contributed by atoms with Gasteiger partial charge >= 0.3 is 0 Å². The van der Waals surface area contributed by atoms with Crippen molar-refractivity contribution in [2.45, 2.75) is 32.6 Å². The van der Waals surface area contributed by atoms with Crippen molar-refractivity contribution in [3.8, 4) is 11.1 Å². The summed E-state index contributed by atoms with van der Waals surface area (Å²) in [4.78, 5) is 0. The highest BCUT2D eigenvalue weighted by atomic mass is 14.1. The first-order chi connectivity index (χ1) is 10.3. The van der Waals surface area contributed by atoms with Crippen LogP contribution in [0.4, 0.5) is 0 Å². The van der Waals surface area contributed by atoms with Crippen LogP contribution in [0.25, 0.3) is 11.1 Å². The van der Waals surface area contributed by atoms with E-state index in [1.165, 1.54) is 35.1 Å². The lowest BCUT2D eigenvalue weighted by molar-refractivity contribution is 0.749. The third-order valence-corrected chi connectivity index (χ3v) is 3.78. The Bertz CT molecular complexity index is 608. The van der Waals surface area contributed by atoms with Gasteiger partial charge in [-0.3, -0.25) is 0 Å². The van der Waals surface area contributed by atoms with E-state index in [0.29, 0.717) is 0 Å². The third-order valence-electron chi connectivity index (χ3n) is 3.78. The predicted octanol–water partition coefficient (Wildman–Crippen LogP) is 6.12. The molecule has 0 nitrogen and oxygen atoms in total. The lowest BCUT2D eigenvalue weighted by Gasteiger charge is -2.10. The van der Waals surface area contributed by atoms with Crippen LogP contribution in [0, 0.1) is 6.92 Å². The van der Waals surface area contributed by atoms with Crippen molar-refractivity contribution >= 4 is 0 Å². The van der Waals surface area contributed by atoms with Gasteiger partial charge in [-0.15, -0.1) is 6.58 Å². The first-order valence-corrected chi connectivity index (χ1v) is 7.74. The van der Waals surface area contributed by atoms with E-state index < -0.39 is 0 Å². The molecular weight excluding hydrogens is 252 g/mol. The minimum absolute atomic E-state index is 1.10. The quantitative estimate of drug-likeness (QED) is 0.455. The average molecular weight is 276 g/mol. The fourth-order valence-electron chi connectivity index (χ4n) is 2.61. The highest BCUT2D eigenvalue weighted by molar-refractivity contribution is 5.69. The molecule has 0 radical (unpaired) electrons. The SMILES string of the molecule is C=CCCCCc1cccccc2c(C)cccccc1-2. The van der Waals surface area contributed by atoms with Crippen LogP contribution >= 0.6 is 0 Å². The van der Waals surface area contributed by atoms with Crippen molar-refractivity contribution < 1.29 is 0 Å². The Morgan fingerprint density at radius 2 is 1.48 bits per heavy atom. The Morgan fingerprint density at radius 1 is 0.810 bits per heavy atom. The van der Waals surface area contributed by atoms with Crippen LogP contribution in [0.15, 0.2) is 73.3 Å². The van der Waals surface area contributed by atoms with Crippen molar-refractivity contribution in [3.63, 3.8) is 0 Å². The summed E-state index contributed by atoms with van der Waals surface area (Å²) in [6.45, 7) is 5.98. The molecule has 0 spiro atoms. The lowest BCUT2D eigenvalue weighted by Crippen LogP contribution is -1.91. The van der Waals surface area contributed by atoms with Crippen LogP contribution in [-0.2, 0) is 6.42 Å². The largest absolute Gasteiger partial charge is 0.103 e. The molecule has 2 aliphatic carbocycles. The van der Waals surface area contributed by atoms with E-state index in [2.05, 4.69) is 74.2 Å². The number of allylic oxidation sites excluding steroid dienone is 1. The highest BCUT2D eigenvalue weighted by Crippen LogP contribution is 2.26. The summed E-state index contributed by atoms with van der Waals surface area (Å²) >= 11 is 0. The van der Waals surface area contributed by atoms with E-state index >= 15 is 0 Å². The molecule has 0 unspecified atom stereocenters. The number of fused-ring (bicyclic) bond motifs is 1. The van der Waals surface area contributed by atoms with E-state index in [1.54, 1.807) is 0 Å². The number of unbranched alkanes of at least 4 members (excludes halogenated alkanes) is 2. The molecule has 108 valence electrons. The molecule has 2 aliphatic rings. The fraction of sp³-hybridized carbons (Fsp3) is 0.238. The number of aryl methyl sites for hydroxylation is 2. The van der Waals surface area contributed by atoms with Gasteiger partial charge in [0.15, 0.2) is 0 Å². The highest BCUT2D eigenvalue weighted by Gasteiger charge is 2.05. The Hall–Kier alpha value is -2.08. The second-order valence-electron chi connectivity index (χ2n) is 5.39. The van der Waals surface area contributed by atoms with E-state index in [-0.39, 0.29) is 0 Å². The van der Waals surface area contributed by atoms with Crippen molar-refractivity contribution in [1.82, 2.24) is 0 Å². The maximum absolute atomic E-state index is 3.80. The molecule has 0 N–H and O–H groups in total. The molecule has 0 bridgehead atoms. The molecule has 0 atom stereocenters. The van der Waals surface area contributed by atoms with Gasteiger partial charge in [0.2, 0.25) is 0 Å². The van der Waals surface area contributed by atoms with Gasteiger partial charge in [0, 0.05) is 0 Å². The van der Waals surface area contributed by atoms with E-state index in [4.69, 9.17) is 0 Å². The monoisotopic (exact) mass is 276 g/mol. The molecular formula is C21H24. The zero-order valence-electron chi connectivity index (χ0n) is 12.9. The van der Waals surface area contributed by atoms with Crippen LogP contribution in [0.5, 0.6) is 0 Å². The van der Waals surface area contributed by atoms with E-state index in [0.717, 1.165) is 12.8 Å². The number of hydrogen-bond acceptors (Lipinski definition) is 0. The van der Waals surface area contributed by atoms with Gasteiger partial charge in [0.25, 0.3) is 0 Å². The summed E-state index contributed by atoms with van der Waals surface area (Å²) < 4.78 is 0. The molecule has 0 heteroatoms. The van der Waals surface area contributed by atoms with Crippen LogP contribution in [0.3, 0.4) is 0 Å². The summed E-state index contributed by atoms with van der Waals surface area (Å²) in [5, 5.41) is 0. The zero-order valence-corrected chi connectivity index (χ0v) is 12.9. The summed E-state index contributed by atoms with van der Waals surface area (Å²) in [5.41, 5.74) is 5.42. The zero-order chi connectivity index (χ0) is 14.9. The van der Waals surface area contributed by atoms with E-state index in [1.807, 2.05) is 6.08 Å². The Balaban J connectivity index is 2.46. The van der Waals surface area contributed by atoms with Gasteiger partial charge in [-0.1, -0.05) is 66.7 Å². The second kappa shape index (κ2) is 8.26. The number of hydrogen-bond donors (Lipinski definition) is 0. The minimum atomic E-state index is 1.10. The molecule has 0 saturated carbocycles. The lowest BCUT2D eigenvalue weighted by atomic mass is 9.94. The molecule has 21 heavy (non-hydrogen) atoms. The van der Waals surface area contributed by atoms with Crippen LogP contribution in [0.2, 0.25) is 0 Å². The molecule has 0 aromatic carbocycles. The Labute approximate surface area is 128 Å². The second-order valence-corrected chi connectivity index (χ2v) is 5.39. The maximum atomic E-state index is 3.80. The summed E-state index contributed by atoms with van der Waals surface area (Å²) in [7, 11) is 0. The Kier molecular flexibility index (Phi) is 6.02. The van der Waals surface area contributed by atoms with Crippen molar-refractivity contribution in [2.75, 3.05) is 0 Å². The normalized spacial score (nSPS) is 10.1. The minimum Gasteiger partial charge on any atom is -0.103 e. The van der Waals surface area contributed by atoms with Crippen LogP contribution in [0.1, 0.15) is 30.4 Å². The molecule has 2 rings (SSSR count). The van der Waals surface area contributed by atoms with Crippen molar-refractivity contribution in [2.24, 2.45) is 0 Å².